The second-order valence-electron chi connectivity index (χ2n) is 6.26. The van der Waals surface area contributed by atoms with Gasteiger partial charge < -0.3 is 10.4 Å². The molecule has 2 rings (SSSR count). The van der Waals surface area contributed by atoms with Crippen LogP contribution in [-0.2, 0) is 14.4 Å². The van der Waals surface area contributed by atoms with Crippen LogP contribution in [0.3, 0.4) is 0 Å². The minimum absolute atomic E-state index is 0.0687. The van der Waals surface area contributed by atoms with Gasteiger partial charge in [-0.2, -0.15) is 0 Å². The minimum Gasteiger partial charge on any atom is -0.480 e. The zero-order valence-corrected chi connectivity index (χ0v) is 16.4. The Hall–Kier alpha value is -2.93. The lowest BCUT2D eigenvalue weighted by Crippen LogP contribution is -2.41. The molecule has 0 fully saturated rings. The van der Waals surface area contributed by atoms with Gasteiger partial charge in [0.25, 0.3) is 0 Å². The maximum atomic E-state index is 12.6. The molecule has 2 unspecified atom stereocenters. The average molecular weight is 399 g/mol. The highest BCUT2D eigenvalue weighted by Gasteiger charge is 2.23. The van der Waals surface area contributed by atoms with E-state index in [0.717, 1.165) is 11.8 Å². The van der Waals surface area contributed by atoms with E-state index in [-0.39, 0.29) is 16.7 Å². The third-order valence-corrected chi connectivity index (χ3v) is 5.24. The van der Waals surface area contributed by atoms with Crippen molar-refractivity contribution in [2.75, 3.05) is 5.75 Å². The zero-order chi connectivity index (χ0) is 20.7. The number of benzene rings is 2. The number of hydrogen-bond donors (Lipinski definition) is 2. The molecule has 28 heavy (non-hydrogen) atoms. The quantitative estimate of drug-likeness (QED) is 0.662. The predicted molar refractivity (Wildman–Crippen MR) is 107 cm³/mol. The van der Waals surface area contributed by atoms with E-state index in [2.05, 4.69) is 5.32 Å². The van der Waals surface area contributed by atoms with Gasteiger partial charge in [0.1, 0.15) is 6.04 Å². The van der Waals surface area contributed by atoms with Gasteiger partial charge in [-0.05, 0) is 11.6 Å². The summed E-state index contributed by atoms with van der Waals surface area (Å²) in [5.41, 5.74) is 1.72. The summed E-state index contributed by atoms with van der Waals surface area (Å²) in [6.45, 7) is 2.93. The van der Waals surface area contributed by atoms with Crippen LogP contribution in [0.15, 0.2) is 54.6 Å². The van der Waals surface area contributed by atoms with Crippen LogP contribution in [0.5, 0.6) is 0 Å². The Morgan fingerprint density at radius 1 is 1.00 bits per heavy atom. The molecule has 1 amide bonds. The molecular formula is C21H21NO5S. The summed E-state index contributed by atoms with van der Waals surface area (Å²) in [4.78, 5) is 47.3. The van der Waals surface area contributed by atoms with Gasteiger partial charge in [0.15, 0.2) is 10.9 Å². The molecule has 2 atom stereocenters. The minimum atomic E-state index is -1.20. The summed E-state index contributed by atoms with van der Waals surface area (Å²) in [6.07, 6.45) is 0. The number of aliphatic carboxylic acids is 1. The van der Waals surface area contributed by atoms with Gasteiger partial charge in [-0.3, -0.25) is 14.4 Å². The first-order chi connectivity index (χ1) is 13.3. The van der Waals surface area contributed by atoms with Crippen molar-refractivity contribution >= 4 is 34.5 Å². The number of carboxylic acid groups (broad SMARTS) is 1. The topological polar surface area (TPSA) is 101 Å². The fourth-order valence-electron chi connectivity index (χ4n) is 2.55. The van der Waals surface area contributed by atoms with Crippen molar-refractivity contribution in [3.8, 4) is 0 Å². The molecule has 0 heterocycles. The van der Waals surface area contributed by atoms with E-state index in [4.69, 9.17) is 5.11 Å². The third-order valence-electron chi connectivity index (χ3n) is 4.11. The molecule has 6 nitrogen and oxygen atoms in total. The Morgan fingerprint density at radius 3 is 2.25 bits per heavy atom. The Labute approximate surface area is 167 Å². The van der Waals surface area contributed by atoms with E-state index in [1.54, 1.807) is 55.5 Å². The van der Waals surface area contributed by atoms with E-state index in [0.29, 0.717) is 16.7 Å². The second kappa shape index (κ2) is 9.85. The van der Waals surface area contributed by atoms with Crippen molar-refractivity contribution < 1.29 is 24.3 Å². The van der Waals surface area contributed by atoms with Crippen LogP contribution in [0, 0.1) is 0 Å². The smallest absolute Gasteiger partial charge is 0.327 e. The van der Waals surface area contributed by atoms with Gasteiger partial charge in [-0.15, -0.1) is 0 Å². The molecule has 0 bridgehead atoms. The standard InChI is InChI=1S/C21H21NO5S/c1-13(21(27)28-12-18(20(25)26)22-14(2)23)16-9-6-10-17(11-16)19(24)15-7-4-3-5-8-15/h3-11,13,18H,12H2,1-2H3,(H,22,23)(H,25,26). The summed E-state index contributed by atoms with van der Waals surface area (Å²) in [5.74, 6) is -2.40. The largest absolute Gasteiger partial charge is 0.480 e. The van der Waals surface area contributed by atoms with Crippen LogP contribution in [-0.4, -0.2) is 39.7 Å². The normalized spacial score (nSPS) is 12.6. The molecule has 0 saturated carbocycles. The first-order valence-corrected chi connectivity index (χ1v) is 9.64. The van der Waals surface area contributed by atoms with Crippen LogP contribution in [0.25, 0.3) is 0 Å². The van der Waals surface area contributed by atoms with E-state index in [9.17, 15) is 19.2 Å². The van der Waals surface area contributed by atoms with Crippen molar-refractivity contribution in [1.82, 2.24) is 5.32 Å². The van der Waals surface area contributed by atoms with Crippen LogP contribution < -0.4 is 5.32 Å². The molecule has 7 heteroatoms. The third kappa shape index (κ3) is 5.79. The van der Waals surface area contributed by atoms with E-state index >= 15 is 0 Å². The maximum absolute atomic E-state index is 12.6. The maximum Gasteiger partial charge on any atom is 0.327 e. The lowest BCUT2D eigenvalue weighted by atomic mass is 9.96. The molecule has 0 aliphatic rings. The lowest BCUT2D eigenvalue weighted by Gasteiger charge is -2.15. The summed E-state index contributed by atoms with van der Waals surface area (Å²) < 4.78 is 0. The molecule has 2 aromatic carbocycles. The molecule has 2 N–H and O–H groups in total. The molecule has 0 aliphatic carbocycles. The average Bonchev–Trinajstić information content (AvgIpc) is 2.70. The number of hydrogen-bond acceptors (Lipinski definition) is 5. The summed E-state index contributed by atoms with van der Waals surface area (Å²) in [7, 11) is 0. The van der Waals surface area contributed by atoms with E-state index < -0.39 is 23.8 Å². The fourth-order valence-corrected chi connectivity index (χ4v) is 3.49. The van der Waals surface area contributed by atoms with Crippen molar-refractivity contribution in [3.63, 3.8) is 0 Å². The van der Waals surface area contributed by atoms with Crippen LogP contribution in [0.4, 0.5) is 0 Å². The molecule has 146 valence electrons. The highest BCUT2D eigenvalue weighted by Crippen LogP contribution is 2.24. The molecule has 0 aliphatic heterocycles. The Kier molecular flexibility index (Phi) is 7.52. The monoisotopic (exact) mass is 399 g/mol. The van der Waals surface area contributed by atoms with Gasteiger partial charge in [0.2, 0.25) is 5.91 Å². The van der Waals surface area contributed by atoms with Crippen molar-refractivity contribution in [2.24, 2.45) is 0 Å². The number of carbonyl (C=O) groups excluding carboxylic acids is 3. The van der Waals surface area contributed by atoms with Gasteiger partial charge in [0.05, 0.1) is 5.92 Å². The molecule has 0 aromatic heterocycles. The summed E-state index contributed by atoms with van der Waals surface area (Å²) >= 11 is 0.849. The van der Waals surface area contributed by atoms with Crippen molar-refractivity contribution in [1.29, 1.82) is 0 Å². The SMILES string of the molecule is CC(=O)NC(CSC(=O)C(C)c1cccc(C(=O)c2ccccc2)c1)C(=O)O. The van der Waals surface area contributed by atoms with E-state index in [1.165, 1.54) is 6.92 Å². The number of nitrogens with one attached hydrogen (secondary N) is 1. The molecule has 0 radical (unpaired) electrons. The molecule has 2 aromatic rings. The number of thioether (sulfide) groups is 1. The van der Waals surface area contributed by atoms with Crippen molar-refractivity contribution in [2.45, 2.75) is 25.8 Å². The van der Waals surface area contributed by atoms with Crippen LogP contribution in [0.2, 0.25) is 0 Å². The lowest BCUT2D eigenvalue weighted by molar-refractivity contribution is -0.140. The predicted octanol–water partition coefficient (Wildman–Crippen LogP) is 2.87. The number of ketones is 1. The zero-order valence-electron chi connectivity index (χ0n) is 15.5. The highest BCUT2D eigenvalue weighted by atomic mass is 32.2. The molecule has 0 saturated heterocycles. The number of carboxylic acids is 1. The van der Waals surface area contributed by atoms with E-state index in [1.807, 2.05) is 6.07 Å². The first kappa shape index (κ1) is 21.4. The number of amides is 1. The number of carbonyl (C=O) groups is 4. The number of rotatable bonds is 8. The highest BCUT2D eigenvalue weighted by molar-refractivity contribution is 8.13. The Balaban J connectivity index is 2.08. The second-order valence-corrected chi connectivity index (χ2v) is 7.29. The summed E-state index contributed by atoms with van der Waals surface area (Å²) in [6, 6.07) is 14.6. The Bertz CT molecular complexity index is 881. The molecule has 0 spiro atoms. The summed E-state index contributed by atoms with van der Waals surface area (Å²) in [5, 5.41) is 11.2. The van der Waals surface area contributed by atoms with Crippen molar-refractivity contribution in [3.05, 3.63) is 71.3 Å². The fraction of sp³-hybridized carbons (Fsp3) is 0.238. The first-order valence-electron chi connectivity index (χ1n) is 8.66. The van der Waals surface area contributed by atoms with Gasteiger partial charge in [0, 0.05) is 23.8 Å². The Morgan fingerprint density at radius 2 is 1.64 bits per heavy atom. The van der Waals surface area contributed by atoms with Gasteiger partial charge in [-0.25, -0.2) is 4.79 Å². The van der Waals surface area contributed by atoms with Gasteiger partial charge >= 0.3 is 5.97 Å². The van der Waals surface area contributed by atoms with Gasteiger partial charge in [-0.1, -0.05) is 67.2 Å². The van der Waals surface area contributed by atoms with Crippen LogP contribution >= 0.6 is 11.8 Å². The molecular weight excluding hydrogens is 378 g/mol. The van der Waals surface area contributed by atoms with Crippen LogP contribution in [0.1, 0.15) is 41.3 Å².